The van der Waals surface area contributed by atoms with Crippen LogP contribution in [0.1, 0.15) is 10.5 Å². The molecule has 3 aromatic rings. The van der Waals surface area contributed by atoms with Gasteiger partial charge in [-0.15, -0.1) is 10.2 Å². The molecule has 0 aliphatic heterocycles. The lowest BCUT2D eigenvalue weighted by Crippen LogP contribution is -2.17. The van der Waals surface area contributed by atoms with Gasteiger partial charge in [-0.2, -0.15) is 0 Å². The Balaban J connectivity index is 1.76. The van der Waals surface area contributed by atoms with Crippen molar-refractivity contribution in [2.75, 3.05) is 5.32 Å². The molecular formula is C14H10N4O3. The summed E-state index contributed by atoms with van der Waals surface area (Å²) in [6.07, 6.45) is 1.25. The normalized spacial score (nSPS) is 10.3. The first-order valence-electron chi connectivity index (χ1n) is 6.10. The molecule has 7 heteroatoms. The van der Waals surface area contributed by atoms with Crippen LogP contribution < -0.4 is 10.9 Å². The van der Waals surface area contributed by atoms with E-state index in [9.17, 15) is 9.59 Å². The van der Waals surface area contributed by atoms with Crippen LogP contribution in [-0.4, -0.2) is 21.1 Å². The summed E-state index contributed by atoms with van der Waals surface area (Å²) in [5.74, 6) is 0.0125. The van der Waals surface area contributed by atoms with Crippen LogP contribution in [-0.2, 0) is 0 Å². The summed E-state index contributed by atoms with van der Waals surface area (Å²) in [5, 5.41) is 10.1. The Kier molecular flexibility index (Phi) is 3.30. The zero-order valence-corrected chi connectivity index (χ0v) is 10.7. The lowest BCUT2D eigenvalue weighted by molar-refractivity contribution is 0.102. The van der Waals surface area contributed by atoms with Crippen LogP contribution in [0.4, 0.5) is 5.69 Å². The Labute approximate surface area is 118 Å². The van der Waals surface area contributed by atoms with Crippen molar-refractivity contribution in [3.63, 3.8) is 0 Å². The molecule has 2 aromatic heterocycles. The van der Waals surface area contributed by atoms with Crippen molar-refractivity contribution in [3.05, 3.63) is 64.9 Å². The second-order valence-electron chi connectivity index (χ2n) is 4.20. The number of nitrogens with zero attached hydrogens (tertiary/aromatic N) is 2. The number of benzene rings is 1. The van der Waals surface area contributed by atoms with E-state index >= 15 is 0 Å². The maximum absolute atomic E-state index is 12.0. The number of nitrogens with one attached hydrogen (secondary N) is 2. The van der Waals surface area contributed by atoms with E-state index in [1.165, 1.54) is 24.6 Å². The number of rotatable bonds is 3. The molecule has 0 saturated heterocycles. The van der Waals surface area contributed by atoms with Crippen molar-refractivity contribution in [2.45, 2.75) is 0 Å². The van der Waals surface area contributed by atoms with Crippen molar-refractivity contribution in [1.82, 2.24) is 15.2 Å². The fourth-order valence-corrected chi connectivity index (χ4v) is 1.77. The molecule has 21 heavy (non-hydrogen) atoms. The molecule has 104 valence electrons. The first kappa shape index (κ1) is 12.8. The third-order valence-corrected chi connectivity index (χ3v) is 2.76. The fraction of sp³-hybridized carbons (Fsp3) is 0. The first-order valence-corrected chi connectivity index (χ1v) is 6.10. The molecule has 2 heterocycles. The van der Waals surface area contributed by atoms with Gasteiger partial charge in [0.2, 0.25) is 17.8 Å². The predicted octanol–water partition coefficient (Wildman–Crippen LogP) is 1.68. The van der Waals surface area contributed by atoms with E-state index in [0.29, 0.717) is 11.6 Å². The topological polar surface area (TPSA) is 101 Å². The highest BCUT2D eigenvalue weighted by atomic mass is 16.4. The molecule has 0 radical (unpaired) electrons. The second-order valence-corrected chi connectivity index (χ2v) is 4.20. The van der Waals surface area contributed by atoms with E-state index in [-0.39, 0.29) is 11.3 Å². The van der Waals surface area contributed by atoms with Gasteiger partial charge < -0.3 is 14.7 Å². The third-order valence-electron chi connectivity index (χ3n) is 2.76. The minimum atomic E-state index is -0.391. The molecule has 7 nitrogen and oxygen atoms in total. The summed E-state index contributed by atoms with van der Waals surface area (Å²) >= 11 is 0. The summed E-state index contributed by atoms with van der Waals surface area (Å²) in [4.78, 5) is 25.6. The molecule has 0 spiro atoms. The first-order chi connectivity index (χ1) is 10.2. The smallest absolute Gasteiger partial charge is 0.272 e. The minimum absolute atomic E-state index is 0.198. The summed E-state index contributed by atoms with van der Waals surface area (Å²) in [6.45, 7) is 0. The highest BCUT2D eigenvalue weighted by molar-refractivity contribution is 6.02. The molecular weight excluding hydrogens is 272 g/mol. The molecule has 0 atom stereocenters. The predicted molar refractivity (Wildman–Crippen MR) is 74.7 cm³/mol. The largest absolute Gasteiger partial charge is 0.423 e. The number of pyridine rings is 1. The summed E-state index contributed by atoms with van der Waals surface area (Å²) in [5.41, 5.74) is 1.21. The van der Waals surface area contributed by atoms with Crippen molar-refractivity contribution >= 4 is 11.6 Å². The highest BCUT2D eigenvalue weighted by Crippen LogP contribution is 2.19. The maximum Gasteiger partial charge on any atom is 0.272 e. The lowest BCUT2D eigenvalue weighted by Gasteiger charge is -2.05. The number of anilines is 1. The number of carbonyl (C=O) groups excluding carboxylic acids is 1. The average Bonchev–Trinajstić information content (AvgIpc) is 3.02. The standard InChI is InChI=1S/C14H10N4O3/c19-12-3-1-2-11(17-12)13(20)16-10-6-4-9(5-7-10)14-18-15-8-21-14/h1-8H,(H,16,20)(H,17,19). The zero-order valence-electron chi connectivity index (χ0n) is 10.7. The minimum Gasteiger partial charge on any atom is -0.423 e. The van der Waals surface area contributed by atoms with E-state index in [1.54, 1.807) is 24.3 Å². The number of amides is 1. The number of aromatic amines is 1. The van der Waals surface area contributed by atoms with Gasteiger partial charge in [0.15, 0.2) is 0 Å². The number of aromatic nitrogens is 3. The van der Waals surface area contributed by atoms with Gasteiger partial charge in [-0.25, -0.2) is 0 Å². The van der Waals surface area contributed by atoms with Crippen LogP contribution >= 0.6 is 0 Å². The van der Waals surface area contributed by atoms with Gasteiger partial charge in [0.25, 0.3) is 5.91 Å². The lowest BCUT2D eigenvalue weighted by atomic mass is 10.2. The number of hydrogen-bond acceptors (Lipinski definition) is 5. The number of carbonyl (C=O) groups is 1. The Bertz CT molecular complexity index is 807. The summed E-state index contributed by atoms with van der Waals surface area (Å²) in [6, 6.07) is 11.3. The van der Waals surface area contributed by atoms with Crippen molar-refractivity contribution < 1.29 is 9.21 Å². The molecule has 2 N–H and O–H groups in total. The van der Waals surface area contributed by atoms with E-state index < -0.39 is 5.91 Å². The molecule has 0 unspecified atom stereocenters. The Hall–Kier alpha value is -3.22. The molecule has 0 fully saturated rings. The SMILES string of the molecule is O=C(Nc1ccc(-c2nnco2)cc1)c1cccc(=O)[nH]1. The van der Waals surface area contributed by atoms with Gasteiger partial charge in [-0.05, 0) is 30.3 Å². The molecule has 0 aliphatic rings. The van der Waals surface area contributed by atoms with E-state index in [0.717, 1.165) is 5.56 Å². The zero-order chi connectivity index (χ0) is 14.7. The van der Waals surface area contributed by atoms with Crippen LogP contribution in [0.15, 0.2) is 58.1 Å². The van der Waals surface area contributed by atoms with Crippen LogP contribution in [0.25, 0.3) is 11.5 Å². The Morgan fingerprint density at radius 2 is 1.95 bits per heavy atom. The fourth-order valence-electron chi connectivity index (χ4n) is 1.77. The van der Waals surface area contributed by atoms with E-state index in [4.69, 9.17) is 4.42 Å². The Morgan fingerprint density at radius 3 is 2.62 bits per heavy atom. The van der Waals surface area contributed by atoms with Gasteiger partial charge in [0, 0.05) is 17.3 Å². The molecule has 3 rings (SSSR count). The highest BCUT2D eigenvalue weighted by Gasteiger charge is 2.08. The molecule has 1 amide bonds. The van der Waals surface area contributed by atoms with Crippen LogP contribution in [0.5, 0.6) is 0 Å². The van der Waals surface area contributed by atoms with Crippen LogP contribution in [0.3, 0.4) is 0 Å². The summed E-state index contributed by atoms with van der Waals surface area (Å²) < 4.78 is 5.07. The van der Waals surface area contributed by atoms with Crippen molar-refractivity contribution in [3.8, 4) is 11.5 Å². The van der Waals surface area contributed by atoms with E-state index in [2.05, 4.69) is 20.5 Å². The molecule has 0 aliphatic carbocycles. The van der Waals surface area contributed by atoms with Gasteiger partial charge in [-0.1, -0.05) is 6.07 Å². The van der Waals surface area contributed by atoms with Crippen molar-refractivity contribution in [1.29, 1.82) is 0 Å². The second kappa shape index (κ2) is 5.41. The maximum atomic E-state index is 12.0. The monoisotopic (exact) mass is 282 g/mol. The molecule has 0 bridgehead atoms. The van der Waals surface area contributed by atoms with Gasteiger partial charge in [0.05, 0.1) is 0 Å². The average molecular weight is 282 g/mol. The van der Waals surface area contributed by atoms with Crippen LogP contribution in [0.2, 0.25) is 0 Å². The van der Waals surface area contributed by atoms with E-state index in [1.807, 2.05) is 0 Å². The quantitative estimate of drug-likeness (QED) is 0.761. The molecule has 0 saturated carbocycles. The number of H-pyrrole nitrogens is 1. The van der Waals surface area contributed by atoms with Gasteiger partial charge in [-0.3, -0.25) is 9.59 Å². The van der Waals surface area contributed by atoms with Gasteiger partial charge in [0.1, 0.15) is 5.69 Å². The third kappa shape index (κ3) is 2.86. The Morgan fingerprint density at radius 1 is 1.14 bits per heavy atom. The van der Waals surface area contributed by atoms with Crippen molar-refractivity contribution in [2.24, 2.45) is 0 Å². The van der Waals surface area contributed by atoms with Crippen LogP contribution in [0, 0.1) is 0 Å². The molecule has 1 aromatic carbocycles. The number of hydrogen-bond donors (Lipinski definition) is 2. The summed E-state index contributed by atoms with van der Waals surface area (Å²) in [7, 11) is 0. The van der Waals surface area contributed by atoms with Gasteiger partial charge >= 0.3 is 0 Å².